The highest BCUT2D eigenvalue weighted by Gasteiger charge is 2.14. The molecule has 0 spiro atoms. The van der Waals surface area contributed by atoms with Crippen LogP contribution in [-0.4, -0.2) is 22.7 Å². The maximum atomic E-state index is 12.4. The van der Waals surface area contributed by atoms with Crippen LogP contribution in [0.25, 0.3) is 0 Å². The Morgan fingerprint density at radius 3 is 2.59 bits per heavy atom. The molecule has 7 heteroatoms. The molecule has 140 valence electrons. The molecule has 0 amide bonds. The number of nitrogens with one attached hydrogen (secondary N) is 1. The Balaban J connectivity index is 1.57. The zero-order valence-corrected chi connectivity index (χ0v) is 15.7. The standard InChI is InChI=1S/C20H20ClN3O3/c1-2-18-23-24-19(27-18)13-26-20(25)16-5-3-4-6-17(16)22-12-11-14-7-9-15(21)10-8-14/h3-10,22H,2,11-13H2,1H3. The van der Waals surface area contributed by atoms with Crippen LogP contribution in [-0.2, 0) is 24.2 Å². The van der Waals surface area contributed by atoms with E-state index in [9.17, 15) is 4.79 Å². The van der Waals surface area contributed by atoms with Crippen LogP contribution in [0.2, 0.25) is 5.02 Å². The van der Waals surface area contributed by atoms with Crippen LogP contribution in [0.5, 0.6) is 0 Å². The molecule has 0 unspecified atom stereocenters. The van der Waals surface area contributed by atoms with E-state index in [-0.39, 0.29) is 12.5 Å². The van der Waals surface area contributed by atoms with Crippen LogP contribution in [0.4, 0.5) is 5.69 Å². The number of hydrogen-bond donors (Lipinski definition) is 1. The second-order valence-corrected chi connectivity index (χ2v) is 6.30. The van der Waals surface area contributed by atoms with Crippen molar-refractivity contribution in [3.8, 4) is 0 Å². The summed E-state index contributed by atoms with van der Waals surface area (Å²) in [5.74, 6) is 0.361. The van der Waals surface area contributed by atoms with Crippen LogP contribution in [0, 0.1) is 0 Å². The average Bonchev–Trinajstić information content (AvgIpc) is 3.16. The number of anilines is 1. The molecule has 1 heterocycles. The summed E-state index contributed by atoms with van der Waals surface area (Å²) in [4.78, 5) is 12.4. The lowest BCUT2D eigenvalue weighted by atomic mass is 10.1. The molecule has 0 atom stereocenters. The number of carbonyl (C=O) groups excluding carboxylic acids is 1. The van der Waals surface area contributed by atoms with Crippen LogP contribution in [0.15, 0.2) is 52.9 Å². The smallest absolute Gasteiger partial charge is 0.340 e. The number of esters is 1. The first-order valence-corrected chi connectivity index (χ1v) is 9.09. The zero-order valence-electron chi connectivity index (χ0n) is 14.9. The lowest BCUT2D eigenvalue weighted by Gasteiger charge is -2.11. The van der Waals surface area contributed by atoms with Gasteiger partial charge in [-0.1, -0.05) is 42.8 Å². The van der Waals surface area contributed by atoms with Crippen molar-refractivity contribution in [1.29, 1.82) is 0 Å². The molecule has 6 nitrogen and oxygen atoms in total. The van der Waals surface area contributed by atoms with Crippen molar-refractivity contribution in [1.82, 2.24) is 10.2 Å². The second kappa shape index (κ2) is 9.19. The number of para-hydroxylation sites is 1. The third kappa shape index (κ3) is 5.31. The minimum atomic E-state index is -0.444. The quantitative estimate of drug-likeness (QED) is 0.582. The summed E-state index contributed by atoms with van der Waals surface area (Å²) in [5.41, 5.74) is 2.34. The van der Waals surface area contributed by atoms with E-state index in [0.29, 0.717) is 29.4 Å². The molecule has 1 N–H and O–H groups in total. The molecule has 3 aromatic rings. The van der Waals surface area contributed by atoms with Crippen molar-refractivity contribution in [2.45, 2.75) is 26.4 Å². The number of aromatic nitrogens is 2. The van der Waals surface area contributed by atoms with Crippen LogP contribution in [0.1, 0.15) is 34.6 Å². The van der Waals surface area contributed by atoms with Gasteiger partial charge in [0.25, 0.3) is 5.89 Å². The van der Waals surface area contributed by atoms with Gasteiger partial charge in [-0.25, -0.2) is 4.79 Å². The number of carbonyl (C=O) groups is 1. The number of halogens is 1. The summed E-state index contributed by atoms with van der Waals surface area (Å²) >= 11 is 5.90. The van der Waals surface area contributed by atoms with Crippen molar-refractivity contribution in [3.05, 3.63) is 76.5 Å². The number of rotatable bonds is 8. The third-order valence-electron chi connectivity index (χ3n) is 3.93. The zero-order chi connectivity index (χ0) is 19.1. The van der Waals surface area contributed by atoms with E-state index in [1.54, 1.807) is 12.1 Å². The van der Waals surface area contributed by atoms with Crippen molar-refractivity contribution in [2.75, 3.05) is 11.9 Å². The van der Waals surface area contributed by atoms with Crippen molar-refractivity contribution in [2.24, 2.45) is 0 Å². The normalized spacial score (nSPS) is 10.6. The van der Waals surface area contributed by atoms with E-state index >= 15 is 0 Å². The summed E-state index contributed by atoms with van der Waals surface area (Å²) in [5, 5.41) is 11.7. The van der Waals surface area contributed by atoms with Gasteiger partial charge in [-0.3, -0.25) is 0 Å². The average molecular weight is 386 g/mol. The van der Waals surface area contributed by atoms with Crippen LogP contribution in [0.3, 0.4) is 0 Å². The molecule has 27 heavy (non-hydrogen) atoms. The van der Waals surface area contributed by atoms with Gasteiger partial charge in [0.1, 0.15) is 0 Å². The Morgan fingerprint density at radius 1 is 1.11 bits per heavy atom. The Bertz CT molecular complexity index is 893. The van der Waals surface area contributed by atoms with E-state index in [0.717, 1.165) is 17.7 Å². The van der Waals surface area contributed by atoms with Gasteiger partial charge < -0.3 is 14.5 Å². The molecule has 0 bridgehead atoms. The maximum absolute atomic E-state index is 12.4. The number of benzene rings is 2. The highest BCUT2D eigenvalue weighted by molar-refractivity contribution is 6.30. The predicted octanol–water partition coefficient (Wildman–Crippen LogP) is 4.30. The molecule has 0 aliphatic rings. The molecule has 0 saturated heterocycles. The minimum absolute atomic E-state index is 0.0507. The van der Waals surface area contributed by atoms with Gasteiger partial charge in [0, 0.05) is 23.7 Å². The maximum Gasteiger partial charge on any atom is 0.340 e. The Labute approximate surface area is 162 Å². The summed E-state index contributed by atoms with van der Waals surface area (Å²) in [6, 6.07) is 14.9. The first-order valence-electron chi connectivity index (χ1n) is 8.71. The van der Waals surface area contributed by atoms with Gasteiger partial charge in [-0.2, -0.15) is 0 Å². The molecule has 0 aliphatic heterocycles. The van der Waals surface area contributed by atoms with Gasteiger partial charge >= 0.3 is 5.97 Å². The van der Waals surface area contributed by atoms with Gasteiger partial charge in [-0.05, 0) is 36.2 Å². The van der Waals surface area contributed by atoms with Crippen LogP contribution < -0.4 is 5.32 Å². The fourth-order valence-electron chi connectivity index (χ4n) is 2.50. The Morgan fingerprint density at radius 2 is 1.85 bits per heavy atom. The molecule has 0 aliphatic carbocycles. The SMILES string of the molecule is CCc1nnc(COC(=O)c2ccccc2NCCc2ccc(Cl)cc2)o1. The predicted molar refractivity (Wildman–Crippen MR) is 103 cm³/mol. The van der Waals surface area contributed by atoms with E-state index < -0.39 is 5.97 Å². The molecule has 1 aromatic heterocycles. The minimum Gasteiger partial charge on any atom is -0.452 e. The first-order chi connectivity index (χ1) is 13.2. The Kier molecular flexibility index (Phi) is 6.44. The molecule has 0 radical (unpaired) electrons. The summed E-state index contributed by atoms with van der Waals surface area (Å²) in [7, 11) is 0. The van der Waals surface area contributed by atoms with Gasteiger partial charge in [0.05, 0.1) is 5.56 Å². The van der Waals surface area contributed by atoms with E-state index in [1.165, 1.54) is 0 Å². The monoisotopic (exact) mass is 385 g/mol. The summed E-state index contributed by atoms with van der Waals surface area (Å²) in [6.07, 6.45) is 1.45. The van der Waals surface area contributed by atoms with Gasteiger partial charge in [0.15, 0.2) is 6.61 Å². The van der Waals surface area contributed by atoms with Crippen molar-refractivity contribution < 1.29 is 13.9 Å². The fourth-order valence-corrected chi connectivity index (χ4v) is 2.63. The third-order valence-corrected chi connectivity index (χ3v) is 4.18. The first kappa shape index (κ1) is 18.9. The highest BCUT2D eigenvalue weighted by atomic mass is 35.5. The van der Waals surface area contributed by atoms with Gasteiger partial charge in [-0.15, -0.1) is 10.2 Å². The molecule has 0 fully saturated rings. The van der Waals surface area contributed by atoms with Crippen LogP contribution >= 0.6 is 11.6 Å². The molecule has 2 aromatic carbocycles. The molecule has 0 saturated carbocycles. The highest BCUT2D eigenvalue weighted by Crippen LogP contribution is 2.17. The number of nitrogens with zero attached hydrogens (tertiary/aromatic N) is 2. The van der Waals surface area contributed by atoms with E-state index in [2.05, 4.69) is 15.5 Å². The van der Waals surface area contributed by atoms with E-state index in [4.69, 9.17) is 20.8 Å². The molecule has 3 rings (SSSR count). The topological polar surface area (TPSA) is 77.2 Å². The van der Waals surface area contributed by atoms with E-state index in [1.807, 2.05) is 43.3 Å². The fraction of sp³-hybridized carbons (Fsp3) is 0.250. The number of ether oxygens (including phenoxy) is 1. The Hall–Kier alpha value is -2.86. The van der Waals surface area contributed by atoms with Gasteiger partial charge in [0.2, 0.25) is 5.89 Å². The second-order valence-electron chi connectivity index (χ2n) is 5.87. The van der Waals surface area contributed by atoms with Crippen molar-refractivity contribution >= 4 is 23.3 Å². The van der Waals surface area contributed by atoms with Crippen molar-refractivity contribution in [3.63, 3.8) is 0 Å². The molecular formula is C20H20ClN3O3. The summed E-state index contributed by atoms with van der Waals surface area (Å²) in [6.45, 7) is 2.54. The lowest BCUT2D eigenvalue weighted by molar-refractivity contribution is 0.0437. The molecular weight excluding hydrogens is 366 g/mol. The largest absolute Gasteiger partial charge is 0.452 e. The number of hydrogen-bond acceptors (Lipinski definition) is 6. The summed E-state index contributed by atoms with van der Waals surface area (Å²) < 4.78 is 10.6. The number of aryl methyl sites for hydroxylation is 1. The lowest BCUT2D eigenvalue weighted by Crippen LogP contribution is -2.12.